The highest BCUT2D eigenvalue weighted by atomic mass is 19.4. The van der Waals surface area contributed by atoms with Gasteiger partial charge >= 0.3 is 6.18 Å². The summed E-state index contributed by atoms with van der Waals surface area (Å²) in [7, 11) is 1.24. The first-order chi connectivity index (χ1) is 8.88. The normalized spacial score (nSPS) is 11.4. The number of halogens is 3. The summed E-state index contributed by atoms with van der Waals surface area (Å²) < 4.78 is 37.9. The summed E-state index contributed by atoms with van der Waals surface area (Å²) in [4.78, 5) is 22.1. The molecule has 0 unspecified atom stereocenters. The van der Waals surface area contributed by atoms with Crippen molar-refractivity contribution in [2.45, 2.75) is 6.18 Å². The molecule has 0 spiro atoms. The van der Waals surface area contributed by atoms with Crippen molar-refractivity contribution in [3.8, 4) is 0 Å². The zero-order valence-electron chi connectivity index (χ0n) is 9.51. The minimum absolute atomic E-state index is 0.0964. The monoisotopic (exact) mass is 272 g/mol. The number of hydrogen-bond donors (Lipinski definition) is 1. The van der Waals surface area contributed by atoms with Crippen molar-refractivity contribution in [2.24, 2.45) is 7.05 Å². The SMILES string of the molecule is Cn1nc(C(F)(F)F)nc1NC(=O)c1cncnc1. The van der Waals surface area contributed by atoms with Crippen LogP contribution in [-0.2, 0) is 13.2 Å². The second-order valence-electron chi connectivity index (χ2n) is 3.46. The molecule has 0 saturated heterocycles. The standard InChI is InChI=1S/C9H7F3N6O/c1-18-8(16-7(17-18)9(10,11)12)15-6(19)5-2-13-4-14-3-5/h2-4H,1H3,(H,15,16,17,19). The Bertz CT molecular complexity index is 594. The lowest BCUT2D eigenvalue weighted by molar-refractivity contribution is -0.144. The molecule has 0 aliphatic rings. The van der Waals surface area contributed by atoms with E-state index in [9.17, 15) is 18.0 Å². The van der Waals surface area contributed by atoms with Crippen molar-refractivity contribution in [3.63, 3.8) is 0 Å². The average Bonchev–Trinajstić information content (AvgIpc) is 2.72. The Morgan fingerprint density at radius 2 is 1.95 bits per heavy atom. The third-order valence-corrected chi connectivity index (χ3v) is 2.06. The van der Waals surface area contributed by atoms with Gasteiger partial charge in [0, 0.05) is 19.4 Å². The molecule has 2 aromatic heterocycles. The number of amides is 1. The molecule has 2 heterocycles. The van der Waals surface area contributed by atoms with E-state index in [4.69, 9.17) is 0 Å². The number of carbonyl (C=O) groups is 1. The number of carbonyl (C=O) groups excluding carboxylic acids is 1. The third-order valence-electron chi connectivity index (χ3n) is 2.06. The van der Waals surface area contributed by atoms with Crippen molar-refractivity contribution in [3.05, 3.63) is 30.1 Å². The zero-order chi connectivity index (χ0) is 14.0. The van der Waals surface area contributed by atoms with E-state index in [2.05, 4.69) is 25.4 Å². The first-order valence-electron chi connectivity index (χ1n) is 4.92. The molecule has 0 aliphatic heterocycles. The Balaban J connectivity index is 2.21. The summed E-state index contributed by atoms with van der Waals surface area (Å²) in [5, 5.41) is 5.35. The molecule has 0 aromatic carbocycles. The van der Waals surface area contributed by atoms with Gasteiger partial charge in [0.15, 0.2) is 0 Å². The van der Waals surface area contributed by atoms with Crippen LogP contribution in [0.1, 0.15) is 16.2 Å². The summed E-state index contributed by atoms with van der Waals surface area (Å²) in [5.41, 5.74) is 0.0964. The minimum atomic E-state index is -4.67. The number of rotatable bonds is 2. The van der Waals surface area contributed by atoms with Gasteiger partial charge < -0.3 is 0 Å². The zero-order valence-corrected chi connectivity index (χ0v) is 9.51. The van der Waals surface area contributed by atoms with E-state index >= 15 is 0 Å². The minimum Gasteiger partial charge on any atom is -0.290 e. The maximum absolute atomic E-state index is 12.4. The van der Waals surface area contributed by atoms with Crippen molar-refractivity contribution in [1.82, 2.24) is 24.7 Å². The smallest absolute Gasteiger partial charge is 0.290 e. The highest BCUT2D eigenvalue weighted by Gasteiger charge is 2.37. The molecule has 100 valence electrons. The fourth-order valence-corrected chi connectivity index (χ4v) is 1.20. The van der Waals surface area contributed by atoms with Crippen LogP contribution in [0.5, 0.6) is 0 Å². The van der Waals surface area contributed by atoms with E-state index in [1.165, 1.54) is 25.8 Å². The number of nitrogens with zero attached hydrogens (tertiary/aromatic N) is 5. The summed E-state index contributed by atoms with van der Waals surface area (Å²) in [5.74, 6) is -2.32. The Labute approximate surface area is 104 Å². The highest BCUT2D eigenvalue weighted by Crippen LogP contribution is 2.26. The second-order valence-corrected chi connectivity index (χ2v) is 3.46. The van der Waals surface area contributed by atoms with Gasteiger partial charge in [-0.15, -0.1) is 5.10 Å². The van der Waals surface area contributed by atoms with Crippen LogP contribution < -0.4 is 5.32 Å². The number of hydrogen-bond acceptors (Lipinski definition) is 5. The molecule has 1 amide bonds. The molecule has 2 aromatic rings. The topological polar surface area (TPSA) is 85.6 Å². The van der Waals surface area contributed by atoms with Gasteiger partial charge in [0.25, 0.3) is 11.7 Å². The number of anilines is 1. The summed E-state index contributed by atoms with van der Waals surface area (Å²) in [6.45, 7) is 0. The summed E-state index contributed by atoms with van der Waals surface area (Å²) in [6.07, 6.45) is -0.996. The molecule has 0 radical (unpaired) electrons. The Hall–Kier alpha value is -2.52. The lowest BCUT2D eigenvalue weighted by atomic mass is 10.3. The van der Waals surface area contributed by atoms with Gasteiger partial charge in [-0.3, -0.25) is 10.1 Å². The molecule has 0 bridgehead atoms. The fourth-order valence-electron chi connectivity index (χ4n) is 1.20. The van der Waals surface area contributed by atoms with Gasteiger partial charge in [0.2, 0.25) is 5.95 Å². The van der Waals surface area contributed by atoms with Gasteiger partial charge in [0.05, 0.1) is 5.56 Å². The predicted molar refractivity (Wildman–Crippen MR) is 56.0 cm³/mol. The molecule has 7 nitrogen and oxygen atoms in total. The van der Waals surface area contributed by atoms with Gasteiger partial charge in [0.1, 0.15) is 6.33 Å². The summed E-state index contributed by atoms with van der Waals surface area (Å²) in [6, 6.07) is 0. The molecule has 2 rings (SSSR count). The van der Waals surface area contributed by atoms with Crippen molar-refractivity contribution < 1.29 is 18.0 Å². The molecule has 19 heavy (non-hydrogen) atoms. The van der Waals surface area contributed by atoms with Crippen LogP contribution in [0.4, 0.5) is 19.1 Å². The van der Waals surface area contributed by atoms with E-state index in [0.717, 1.165) is 4.68 Å². The maximum atomic E-state index is 12.4. The quantitative estimate of drug-likeness (QED) is 0.876. The lowest BCUT2D eigenvalue weighted by Gasteiger charge is -2.02. The van der Waals surface area contributed by atoms with E-state index in [1.807, 2.05) is 0 Å². The molecule has 1 N–H and O–H groups in total. The molecule has 0 saturated carbocycles. The van der Waals surface area contributed by atoms with Crippen molar-refractivity contribution in [1.29, 1.82) is 0 Å². The largest absolute Gasteiger partial charge is 0.453 e. The van der Waals surface area contributed by atoms with Crippen LogP contribution >= 0.6 is 0 Å². The van der Waals surface area contributed by atoms with Gasteiger partial charge in [-0.25, -0.2) is 14.6 Å². The van der Waals surface area contributed by atoms with Gasteiger partial charge in [-0.2, -0.15) is 18.2 Å². The van der Waals surface area contributed by atoms with Gasteiger partial charge in [-0.1, -0.05) is 0 Å². The average molecular weight is 272 g/mol. The maximum Gasteiger partial charge on any atom is 0.453 e. The fraction of sp³-hybridized carbons (Fsp3) is 0.222. The number of aryl methyl sites for hydroxylation is 1. The number of nitrogens with one attached hydrogen (secondary N) is 1. The van der Waals surface area contributed by atoms with Crippen LogP contribution in [0.15, 0.2) is 18.7 Å². The van der Waals surface area contributed by atoms with E-state index in [-0.39, 0.29) is 11.5 Å². The van der Waals surface area contributed by atoms with E-state index in [1.54, 1.807) is 0 Å². The number of alkyl halides is 3. The molecular formula is C9H7F3N6O. The van der Waals surface area contributed by atoms with Crippen LogP contribution in [0.25, 0.3) is 0 Å². The summed E-state index contributed by atoms with van der Waals surface area (Å²) >= 11 is 0. The third kappa shape index (κ3) is 2.84. The number of aromatic nitrogens is 5. The molecular weight excluding hydrogens is 265 g/mol. The van der Waals surface area contributed by atoms with Gasteiger partial charge in [-0.05, 0) is 0 Å². The molecule has 0 aliphatic carbocycles. The van der Waals surface area contributed by atoms with Crippen molar-refractivity contribution in [2.75, 3.05) is 5.32 Å². The van der Waals surface area contributed by atoms with Crippen LogP contribution in [0.3, 0.4) is 0 Å². The highest BCUT2D eigenvalue weighted by molar-refractivity contribution is 6.02. The van der Waals surface area contributed by atoms with Crippen LogP contribution in [0.2, 0.25) is 0 Å². The molecule has 0 fully saturated rings. The Morgan fingerprint density at radius 1 is 1.32 bits per heavy atom. The lowest BCUT2D eigenvalue weighted by Crippen LogP contribution is -2.15. The molecule has 0 atom stereocenters. The Kier molecular flexibility index (Phi) is 3.15. The Morgan fingerprint density at radius 3 is 2.47 bits per heavy atom. The van der Waals surface area contributed by atoms with Crippen LogP contribution in [0, 0.1) is 0 Å². The molecule has 10 heteroatoms. The van der Waals surface area contributed by atoms with Crippen LogP contribution in [-0.4, -0.2) is 30.6 Å². The van der Waals surface area contributed by atoms with E-state index in [0.29, 0.717) is 0 Å². The second kappa shape index (κ2) is 4.63. The first kappa shape index (κ1) is 12.9. The van der Waals surface area contributed by atoms with Crippen molar-refractivity contribution >= 4 is 11.9 Å². The van der Waals surface area contributed by atoms with E-state index < -0.39 is 17.9 Å². The predicted octanol–water partition coefficient (Wildman–Crippen LogP) is 0.876. The first-order valence-corrected chi connectivity index (χ1v) is 4.92.